The summed E-state index contributed by atoms with van der Waals surface area (Å²) >= 11 is 1.65. The van der Waals surface area contributed by atoms with Crippen LogP contribution in [-0.4, -0.2) is 70.5 Å². The van der Waals surface area contributed by atoms with Crippen molar-refractivity contribution in [2.45, 2.75) is 111 Å². The highest BCUT2D eigenvalue weighted by Gasteiger charge is 2.27. The van der Waals surface area contributed by atoms with Crippen LogP contribution in [0, 0.1) is 18.8 Å². The van der Waals surface area contributed by atoms with Gasteiger partial charge in [-0.3, -0.25) is 4.68 Å². The Morgan fingerprint density at radius 3 is 2.22 bits per heavy atom. The average molecular weight is 1040 g/mol. The molecule has 76 heavy (non-hydrogen) atoms. The van der Waals surface area contributed by atoms with E-state index in [1.54, 1.807) is 11.3 Å². The molecule has 5 aliphatic rings. The van der Waals surface area contributed by atoms with E-state index in [4.69, 9.17) is 19.8 Å². The highest BCUT2D eigenvalue weighted by Crippen LogP contribution is 2.39. The number of piperidine rings is 1. The van der Waals surface area contributed by atoms with Gasteiger partial charge < -0.3 is 30.1 Å². The van der Waals surface area contributed by atoms with Crippen LogP contribution in [0.1, 0.15) is 119 Å². The highest BCUT2D eigenvalue weighted by molar-refractivity contribution is 7.22. The zero-order valence-corrected chi connectivity index (χ0v) is 47.2. The standard InChI is InChI=1S/C39H40N4OS.C20H27N5.C4H8.C2H6/c1-5-35-33(31-18-17-30(23-26(31)3)44-29-15-13-25(2)14-16-29)19-20-38(41-35)43-22-21-28-9-8-10-32(34(28)24-43)27(4)40-39-42-36-11-6-7-12-37(36)45-39;1-14-5-7-17(15(2)21-14)20-18-8-6-16(13-19(18)24(4)22-20)25-11-9-23(3)10-12-25;1-4-2-3-4;1-2/h5-12,17-20,23,25,29H,1,4,13-16,21-22,24H2,2-3H3,(H,40,42);6,8,13,17,21H,1-2,5,7,9-12H2,3-4H3;4H,2-3H2,1H3;1-2H3. The van der Waals surface area contributed by atoms with E-state index < -0.39 is 0 Å². The minimum absolute atomic E-state index is 0.253. The molecule has 4 aromatic carbocycles. The topological polar surface area (TPSA) is 86.6 Å². The molecule has 12 rings (SSSR count). The Morgan fingerprint density at radius 2 is 1.51 bits per heavy atom. The number of ether oxygens (including phenoxy) is 1. The maximum atomic E-state index is 6.38. The monoisotopic (exact) mass is 1040 g/mol. The van der Waals surface area contributed by atoms with Crippen molar-refractivity contribution in [3.05, 3.63) is 162 Å². The van der Waals surface area contributed by atoms with Crippen molar-refractivity contribution in [3.8, 4) is 16.9 Å². The second kappa shape index (κ2) is 24.5. The number of para-hydroxylation sites is 1. The smallest absolute Gasteiger partial charge is 0.188 e. The van der Waals surface area contributed by atoms with Crippen LogP contribution < -0.4 is 25.2 Å². The maximum Gasteiger partial charge on any atom is 0.188 e. The predicted octanol–water partition coefficient (Wildman–Crippen LogP) is 15.2. The number of nitrogens with zero attached hydrogens (tertiary/aromatic N) is 7. The molecule has 3 aromatic heterocycles. The summed E-state index contributed by atoms with van der Waals surface area (Å²) in [6.07, 6.45) is 12.9. The first kappa shape index (κ1) is 54.1. The fourth-order valence-electron chi connectivity index (χ4n) is 10.9. The van der Waals surface area contributed by atoms with Gasteiger partial charge in [0.1, 0.15) is 11.6 Å². The molecule has 2 N–H and O–H groups in total. The third-order valence-corrected chi connectivity index (χ3v) is 16.7. The molecular formula is C65H81N9OS. The number of rotatable bonds is 10. The quantitative estimate of drug-likeness (QED) is 0.139. The number of fused-ring (bicyclic) bond motifs is 3. The SMILES string of the molecule is C=C1CCC(c2nn(C)c3cc(N4CCN(C)CC4)ccc23)C(=C)N1.C=Cc1nc(N2CCc3cccc(C(=C)Nc4nc5ccccc5s4)c3C2)ccc1-c1ccc(OC2CCC(C)CC2)cc1C.CC.CC1CC1. The number of hydrogen-bond acceptors (Lipinski definition) is 10. The van der Waals surface area contributed by atoms with Crippen LogP contribution >= 0.6 is 11.3 Å². The van der Waals surface area contributed by atoms with E-state index in [1.807, 2.05) is 49.9 Å². The van der Waals surface area contributed by atoms with Crippen molar-refractivity contribution in [1.29, 1.82) is 0 Å². The Labute approximate surface area is 457 Å². The molecule has 11 heteroatoms. The number of anilines is 3. The number of hydrogen-bond donors (Lipinski definition) is 2. The van der Waals surface area contributed by atoms with Crippen LogP contribution in [0.15, 0.2) is 129 Å². The molecule has 2 saturated heterocycles. The molecule has 6 heterocycles. The highest BCUT2D eigenvalue weighted by atomic mass is 32.1. The molecule has 1 unspecified atom stereocenters. The molecule has 0 spiro atoms. The molecule has 4 fully saturated rings. The second-order valence-corrected chi connectivity index (χ2v) is 22.5. The molecular weight excluding hydrogens is 955 g/mol. The molecule has 0 bridgehead atoms. The van der Waals surface area contributed by atoms with E-state index >= 15 is 0 Å². The predicted molar refractivity (Wildman–Crippen MR) is 324 cm³/mol. The van der Waals surface area contributed by atoms with Crippen molar-refractivity contribution in [2.24, 2.45) is 18.9 Å². The number of benzene rings is 4. The van der Waals surface area contributed by atoms with Gasteiger partial charge in [0, 0.05) is 91.5 Å². The lowest BCUT2D eigenvalue weighted by Crippen LogP contribution is -2.44. The summed E-state index contributed by atoms with van der Waals surface area (Å²) in [4.78, 5) is 17.1. The van der Waals surface area contributed by atoms with Crippen molar-refractivity contribution in [1.82, 2.24) is 30.0 Å². The number of pyridine rings is 1. The first-order chi connectivity index (χ1) is 36.9. The van der Waals surface area contributed by atoms with Gasteiger partial charge in [-0.1, -0.05) is 115 Å². The van der Waals surface area contributed by atoms with Gasteiger partial charge in [0.25, 0.3) is 0 Å². The van der Waals surface area contributed by atoms with E-state index in [9.17, 15) is 0 Å². The molecule has 398 valence electrons. The Kier molecular flexibility index (Phi) is 17.5. The van der Waals surface area contributed by atoms with Crippen LogP contribution in [-0.2, 0) is 20.0 Å². The number of piperazine rings is 1. The zero-order valence-electron chi connectivity index (χ0n) is 46.4. The summed E-state index contributed by atoms with van der Waals surface area (Å²) in [5.41, 5.74) is 15.7. The molecule has 1 atom stereocenters. The average Bonchev–Trinajstić information content (AvgIpc) is 4.01. The summed E-state index contributed by atoms with van der Waals surface area (Å²) in [5.74, 6) is 4.07. The molecule has 2 aliphatic carbocycles. The molecule has 0 amide bonds. The molecule has 7 aromatic rings. The van der Waals surface area contributed by atoms with Crippen molar-refractivity contribution < 1.29 is 4.74 Å². The van der Waals surface area contributed by atoms with Gasteiger partial charge in [0.2, 0.25) is 0 Å². The minimum Gasteiger partial charge on any atom is -0.490 e. The number of allylic oxidation sites excluding steroid dienone is 2. The number of nitrogens with one attached hydrogen (secondary N) is 2. The number of aromatic nitrogens is 4. The third-order valence-electron chi connectivity index (χ3n) is 15.8. The van der Waals surface area contributed by atoms with Crippen LogP contribution in [0.5, 0.6) is 5.75 Å². The maximum absolute atomic E-state index is 6.38. The van der Waals surface area contributed by atoms with Gasteiger partial charge in [-0.2, -0.15) is 5.10 Å². The minimum atomic E-state index is 0.253. The van der Waals surface area contributed by atoms with Crippen LogP contribution in [0.3, 0.4) is 0 Å². The first-order valence-electron chi connectivity index (χ1n) is 28.0. The lowest BCUT2D eigenvalue weighted by atomic mass is 9.89. The van der Waals surface area contributed by atoms with Gasteiger partial charge in [0.05, 0.1) is 33.2 Å². The van der Waals surface area contributed by atoms with Crippen molar-refractivity contribution >= 4 is 60.9 Å². The van der Waals surface area contributed by atoms with Crippen molar-refractivity contribution in [2.75, 3.05) is 54.9 Å². The molecule has 2 saturated carbocycles. The largest absolute Gasteiger partial charge is 0.490 e. The van der Waals surface area contributed by atoms with Gasteiger partial charge in [-0.05, 0) is 154 Å². The summed E-state index contributed by atoms with van der Waals surface area (Å²) in [6, 6.07) is 32.3. The lowest BCUT2D eigenvalue weighted by molar-refractivity contribution is 0.135. The van der Waals surface area contributed by atoms with Crippen molar-refractivity contribution in [3.63, 3.8) is 0 Å². The summed E-state index contributed by atoms with van der Waals surface area (Å²) < 4.78 is 9.55. The zero-order chi connectivity index (χ0) is 53.5. The lowest BCUT2D eigenvalue weighted by Gasteiger charge is -2.34. The fraction of sp³-hybridized carbons (Fsp3) is 0.400. The Morgan fingerprint density at radius 1 is 0.776 bits per heavy atom. The summed E-state index contributed by atoms with van der Waals surface area (Å²) in [5, 5.41) is 13.7. The van der Waals surface area contributed by atoms with E-state index in [0.29, 0.717) is 6.10 Å². The Bertz CT molecular complexity index is 3150. The Hall–Kier alpha value is -6.69. The second-order valence-electron chi connectivity index (χ2n) is 21.5. The van der Waals surface area contributed by atoms with Gasteiger partial charge in [-0.15, -0.1) is 0 Å². The first-order valence-corrected chi connectivity index (χ1v) is 28.8. The van der Waals surface area contributed by atoms with Gasteiger partial charge >= 0.3 is 0 Å². The van der Waals surface area contributed by atoms with Crippen LogP contribution in [0.4, 0.5) is 16.6 Å². The van der Waals surface area contributed by atoms with E-state index in [1.165, 1.54) is 59.0 Å². The van der Waals surface area contributed by atoms with E-state index in [2.05, 4.69) is 152 Å². The van der Waals surface area contributed by atoms with Gasteiger partial charge in [0.15, 0.2) is 5.13 Å². The summed E-state index contributed by atoms with van der Waals surface area (Å²) in [6.45, 7) is 33.6. The van der Waals surface area contributed by atoms with E-state index in [-0.39, 0.29) is 5.92 Å². The normalized spacial score (nSPS) is 19.5. The van der Waals surface area contributed by atoms with E-state index in [0.717, 1.165) is 155 Å². The molecule has 3 aliphatic heterocycles. The molecule has 0 radical (unpaired) electrons. The molecule has 10 nitrogen and oxygen atoms in total. The third kappa shape index (κ3) is 12.8. The summed E-state index contributed by atoms with van der Waals surface area (Å²) in [7, 11) is 4.23. The fourth-order valence-corrected chi connectivity index (χ4v) is 11.8. The van der Waals surface area contributed by atoms with Crippen LogP contribution in [0.2, 0.25) is 0 Å². The number of likely N-dealkylation sites (N-methyl/N-ethyl adjacent to an activating group) is 1. The Balaban J connectivity index is 0.000000190. The van der Waals surface area contributed by atoms with Gasteiger partial charge in [-0.25, -0.2) is 9.97 Å². The number of aryl methyl sites for hydroxylation is 2. The number of thiazole rings is 1. The van der Waals surface area contributed by atoms with Crippen LogP contribution in [0.25, 0.3) is 44.0 Å².